The van der Waals surface area contributed by atoms with Gasteiger partial charge in [0.2, 0.25) is 5.54 Å². The maximum Gasteiger partial charge on any atom is 0.248 e. The van der Waals surface area contributed by atoms with Gasteiger partial charge in [0.15, 0.2) is 0 Å². The van der Waals surface area contributed by atoms with Crippen LogP contribution in [0.5, 0.6) is 0 Å². The summed E-state index contributed by atoms with van der Waals surface area (Å²) in [5, 5.41) is 21.1. The minimum atomic E-state index is -1.13. The molecule has 0 fully saturated rings. The Morgan fingerprint density at radius 3 is 2.61 bits per heavy atom. The van der Waals surface area contributed by atoms with E-state index < -0.39 is 5.54 Å². The number of allylic oxidation sites excluding steroid dienone is 1. The summed E-state index contributed by atoms with van der Waals surface area (Å²) in [4.78, 5) is 12.0. The van der Waals surface area contributed by atoms with Crippen molar-refractivity contribution >= 4 is 0 Å². The molecule has 4 nitrogen and oxygen atoms in total. The summed E-state index contributed by atoms with van der Waals surface area (Å²) in [6.07, 6.45) is 9.08. The number of nitrogens with zero attached hydrogens (tertiary/aromatic N) is 2. The molecule has 122 valence electrons. The van der Waals surface area contributed by atoms with E-state index in [1.807, 2.05) is 30.3 Å². The molecule has 0 aromatic heterocycles. The number of hydrogen-bond acceptors (Lipinski definition) is 3. The summed E-state index contributed by atoms with van der Waals surface area (Å²) < 4.78 is 0. The predicted octanol–water partition coefficient (Wildman–Crippen LogP) is 4.83. The number of rotatable bonds is 6. The van der Waals surface area contributed by atoms with Crippen molar-refractivity contribution < 1.29 is 4.92 Å². The zero-order chi connectivity index (χ0) is 16.5. The second-order valence-electron chi connectivity index (χ2n) is 6.29. The molecule has 0 heterocycles. The first-order valence-electron chi connectivity index (χ1n) is 8.44. The first-order chi connectivity index (χ1) is 11.2. The van der Waals surface area contributed by atoms with E-state index in [0.29, 0.717) is 6.42 Å². The summed E-state index contributed by atoms with van der Waals surface area (Å²) in [5.74, 6) is 0. The lowest BCUT2D eigenvalue weighted by atomic mass is 9.77. The van der Waals surface area contributed by atoms with E-state index in [9.17, 15) is 10.1 Å². The second-order valence-corrected chi connectivity index (χ2v) is 6.29. The molecule has 0 N–H and O–H groups in total. The van der Waals surface area contributed by atoms with Crippen LogP contribution in [0.3, 0.4) is 0 Å². The van der Waals surface area contributed by atoms with E-state index in [-0.39, 0.29) is 17.8 Å². The molecule has 1 aromatic rings. The molecule has 23 heavy (non-hydrogen) atoms. The van der Waals surface area contributed by atoms with Gasteiger partial charge in [-0.1, -0.05) is 49.2 Å². The lowest BCUT2D eigenvalue weighted by molar-refractivity contribution is -0.559. The van der Waals surface area contributed by atoms with Gasteiger partial charge in [0, 0.05) is 29.8 Å². The zero-order valence-electron chi connectivity index (χ0n) is 13.5. The first kappa shape index (κ1) is 17.2. The van der Waals surface area contributed by atoms with Gasteiger partial charge < -0.3 is 0 Å². The van der Waals surface area contributed by atoms with Crippen molar-refractivity contribution in [2.75, 3.05) is 0 Å². The van der Waals surface area contributed by atoms with Crippen molar-refractivity contribution in [3.05, 3.63) is 57.7 Å². The highest BCUT2D eigenvalue weighted by molar-refractivity contribution is 5.25. The number of benzene rings is 1. The summed E-state index contributed by atoms with van der Waals surface area (Å²) in [6.45, 7) is 0. The highest BCUT2D eigenvalue weighted by Crippen LogP contribution is 2.35. The van der Waals surface area contributed by atoms with Crippen LogP contribution in [0.4, 0.5) is 0 Å². The van der Waals surface area contributed by atoms with Gasteiger partial charge in [-0.2, -0.15) is 5.26 Å². The molecular formula is C19H24N2O2. The van der Waals surface area contributed by atoms with Crippen LogP contribution in [0.15, 0.2) is 42.0 Å². The van der Waals surface area contributed by atoms with E-state index in [1.165, 1.54) is 6.42 Å². The van der Waals surface area contributed by atoms with Crippen molar-refractivity contribution in [3.63, 3.8) is 0 Å². The Balaban J connectivity index is 2.38. The maximum absolute atomic E-state index is 12.1. The summed E-state index contributed by atoms with van der Waals surface area (Å²) in [7, 11) is 0. The smallest absolute Gasteiger partial charge is 0.248 e. The normalized spacial score (nSPS) is 20.2. The summed E-state index contributed by atoms with van der Waals surface area (Å²) >= 11 is 0. The van der Waals surface area contributed by atoms with Gasteiger partial charge >= 0.3 is 0 Å². The SMILES string of the molecule is N#CCCC(Cc1ccccc1)(/C1=C/CCCCCC1)[N+](=O)[O-]. The Morgan fingerprint density at radius 2 is 1.91 bits per heavy atom. The Kier molecular flexibility index (Phi) is 6.34. The van der Waals surface area contributed by atoms with E-state index in [2.05, 4.69) is 12.1 Å². The van der Waals surface area contributed by atoms with Crippen LogP contribution in [-0.4, -0.2) is 10.5 Å². The van der Waals surface area contributed by atoms with E-state index >= 15 is 0 Å². The van der Waals surface area contributed by atoms with Gasteiger partial charge in [-0.3, -0.25) is 10.1 Å². The van der Waals surface area contributed by atoms with Crippen LogP contribution in [0.25, 0.3) is 0 Å². The van der Waals surface area contributed by atoms with Gasteiger partial charge in [-0.15, -0.1) is 0 Å². The van der Waals surface area contributed by atoms with Gasteiger partial charge in [-0.05, 0) is 31.2 Å². The fourth-order valence-corrected chi connectivity index (χ4v) is 3.45. The lowest BCUT2D eigenvalue weighted by Crippen LogP contribution is -2.43. The minimum Gasteiger partial charge on any atom is -0.264 e. The van der Waals surface area contributed by atoms with Crippen molar-refractivity contribution in [2.24, 2.45) is 0 Å². The molecule has 1 aliphatic carbocycles. The second kappa shape index (κ2) is 8.47. The number of hydrogen-bond donors (Lipinski definition) is 0. The van der Waals surface area contributed by atoms with Crippen molar-refractivity contribution in [1.29, 1.82) is 5.26 Å². The molecule has 0 saturated carbocycles. The van der Waals surface area contributed by atoms with E-state index in [1.54, 1.807) is 0 Å². The van der Waals surface area contributed by atoms with Gasteiger partial charge in [0.1, 0.15) is 0 Å². The molecule has 1 aliphatic rings. The third kappa shape index (κ3) is 4.41. The van der Waals surface area contributed by atoms with Crippen LogP contribution < -0.4 is 0 Å². The molecule has 0 radical (unpaired) electrons. The molecular weight excluding hydrogens is 288 g/mol. The number of nitriles is 1. The molecule has 0 spiro atoms. The largest absolute Gasteiger partial charge is 0.264 e. The maximum atomic E-state index is 12.1. The average Bonchev–Trinajstić information content (AvgIpc) is 2.52. The number of nitro groups is 1. The van der Waals surface area contributed by atoms with Gasteiger partial charge in [-0.25, -0.2) is 0 Å². The highest BCUT2D eigenvalue weighted by Gasteiger charge is 2.45. The van der Waals surface area contributed by atoms with E-state index in [0.717, 1.165) is 43.2 Å². The molecule has 0 saturated heterocycles. The third-order valence-corrected chi connectivity index (χ3v) is 4.73. The standard InChI is InChI=1S/C19H24N2O2/c20-15-9-14-19(21(22)23,16-17-10-5-4-6-11-17)18-12-7-2-1-3-8-13-18/h4-6,10-12H,1-3,7-9,13-14,16H2/b18-12+. The Morgan fingerprint density at radius 1 is 1.17 bits per heavy atom. The summed E-state index contributed by atoms with van der Waals surface area (Å²) in [6, 6.07) is 11.7. The highest BCUT2D eigenvalue weighted by atomic mass is 16.6. The predicted molar refractivity (Wildman–Crippen MR) is 90.5 cm³/mol. The fourth-order valence-electron chi connectivity index (χ4n) is 3.45. The van der Waals surface area contributed by atoms with E-state index in [4.69, 9.17) is 5.26 Å². The van der Waals surface area contributed by atoms with Crippen LogP contribution >= 0.6 is 0 Å². The zero-order valence-corrected chi connectivity index (χ0v) is 13.5. The molecule has 2 rings (SSSR count). The topological polar surface area (TPSA) is 66.9 Å². The molecule has 1 aromatic carbocycles. The Labute approximate surface area is 138 Å². The van der Waals surface area contributed by atoms with Gasteiger partial charge in [0.05, 0.1) is 6.07 Å². The van der Waals surface area contributed by atoms with Gasteiger partial charge in [0.25, 0.3) is 0 Å². The fraction of sp³-hybridized carbons (Fsp3) is 0.526. The van der Waals surface area contributed by atoms with Crippen LogP contribution in [-0.2, 0) is 6.42 Å². The van der Waals surface area contributed by atoms with Crippen molar-refractivity contribution in [3.8, 4) is 6.07 Å². The molecule has 4 heteroatoms. The quantitative estimate of drug-likeness (QED) is 0.429. The van der Waals surface area contributed by atoms with Crippen LogP contribution in [0.2, 0.25) is 0 Å². The minimum absolute atomic E-state index is 0.134. The van der Waals surface area contributed by atoms with Crippen molar-refractivity contribution in [1.82, 2.24) is 0 Å². The van der Waals surface area contributed by atoms with Crippen LogP contribution in [0.1, 0.15) is 56.9 Å². The monoisotopic (exact) mass is 312 g/mol. The summed E-state index contributed by atoms with van der Waals surface area (Å²) in [5.41, 5.74) is 0.764. The molecule has 1 unspecified atom stereocenters. The molecule has 0 amide bonds. The molecule has 0 bridgehead atoms. The Bertz CT molecular complexity index is 589. The van der Waals surface area contributed by atoms with Crippen molar-refractivity contribution in [2.45, 2.75) is 63.3 Å². The molecule has 1 atom stereocenters. The lowest BCUT2D eigenvalue weighted by Gasteiger charge is -2.29. The van der Waals surface area contributed by atoms with Crippen LogP contribution in [0, 0.1) is 21.4 Å². The first-order valence-corrected chi connectivity index (χ1v) is 8.44. The molecule has 0 aliphatic heterocycles. The Hall–Kier alpha value is -2.15. The third-order valence-electron chi connectivity index (χ3n) is 4.73. The average molecular weight is 312 g/mol.